The van der Waals surface area contributed by atoms with E-state index in [4.69, 9.17) is 17.7 Å². The third-order valence-electron chi connectivity index (χ3n) is 19.3. The van der Waals surface area contributed by atoms with Crippen LogP contribution in [0.2, 0.25) is 0 Å². The van der Waals surface area contributed by atoms with Crippen molar-refractivity contribution in [3.8, 4) is 0 Å². The summed E-state index contributed by atoms with van der Waals surface area (Å²) in [4.78, 5) is 51.8. The number of nitrogens with zero attached hydrogens (tertiary/aromatic N) is 4. The predicted molar refractivity (Wildman–Crippen MR) is 555 cm³/mol. The second-order valence-electron chi connectivity index (χ2n) is 30.1. The highest BCUT2D eigenvalue weighted by Crippen LogP contribution is 2.31. The lowest BCUT2D eigenvalue weighted by Gasteiger charge is -2.21. The van der Waals surface area contributed by atoms with E-state index in [1.807, 2.05) is 76.2 Å². The van der Waals surface area contributed by atoms with Gasteiger partial charge in [0.25, 0.3) is 0 Å². The lowest BCUT2D eigenvalue weighted by molar-refractivity contribution is -0.117. The Hall–Kier alpha value is -15.9. The molecule has 14 aromatic rings. The van der Waals surface area contributed by atoms with E-state index >= 15 is 0 Å². The first-order chi connectivity index (χ1) is 67.5. The molecule has 0 saturated carbocycles. The molecule has 0 atom stereocenters. The number of rotatable bonds is 18. The zero-order valence-corrected chi connectivity index (χ0v) is 86.4. The Balaban J connectivity index is 0.000000554. The van der Waals surface area contributed by atoms with Gasteiger partial charge in [0.15, 0.2) is 0 Å². The summed E-state index contributed by atoms with van der Waals surface area (Å²) in [5.41, 5.74) is 64.7. The van der Waals surface area contributed by atoms with Gasteiger partial charge in [-0.2, -0.15) is 0 Å². The summed E-state index contributed by atoms with van der Waals surface area (Å²) >= 11 is 0. The number of guanidine groups is 6. The van der Waals surface area contributed by atoms with E-state index in [1.165, 1.54) is 60.7 Å². The molecular formula is C92H122N22O26S6. The van der Waals surface area contributed by atoms with Gasteiger partial charge in [0.2, 0.25) is 0 Å². The molecule has 10 aromatic carbocycles. The fourth-order valence-electron chi connectivity index (χ4n) is 12.9. The lowest BCUT2D eigenvalue weighted by atomic mass is 10.1. The summed E-state index contributed by atoms with van der Waals surface area (Å²) < 4.78 is 215. The number of anilines is 4. The Bertz CT molecular complexity index is 6890. The van der Waals surface area contributed by atoms with Crippen molar-refractivity contribution in [2.24, 2.45) is 68.8 Å². The summed E-state index contributed by atoms with van der Waals surface area (Å²) in [5.74, 6) is -0.500. The van der Waals surface area contributed by atoms with Crippen LogP contribution in [0.1, 0.15) is 77.6 Å². The minimum absolute atomic E-state index is 0.0833. The smallest absolute Gasteiger partial charge is 0.336 e. The normalized spacial score (nSPS) is 10.7. The summed E-state index contributed by atoms with van der Waals surface area (Å²) in [6, 6.07) is 51.0. The summed E-state index contributed by atoms with van der Waals surface area (Å²) in [6.07, 6.45) is 0. The van der Waals surface area contributed by atoms with Gasteiger partial charge in [0, 0.05) is 145 Å². The van der Waals surface area contributed by atoms with Crippen molar-refractivity contribution in [1.82, 2.24) is 0 Å². The molecule has 54 heteroatoms. The van der Waals surface area contributed by atoms with E-state index in [-0.39, 0.29) is 58.3 Å². The minimum atomic E-state index is -4.56. The van der Waals surface area contributed by atoms with Crippen LogP contribution >= 0.6 is 0 Å². The van der Waals surface area contributed by atoms with E-state index in [1.54, 1.807) is 0 Å². The molecule has 14 rings (SSSR count). The van der Waals surface area contributed by atoms with Crippen LogP contribution in [-0.4, -0.2) is 166 Å². The number of fused-ring (bicyclic) bond motifs is 7. The highest BCUT2D eigenvalue weighted by atomic mass is 32.2. The van der Waals surface area contributed by atoms with Crippen molar-refractivity contribution >= 4 is 195 Å². The van der Waals surface area contributed by atoms with E-state index < -0.39 is 90.1 Å². The van der Waals surface area contributed by atoms with Crippen LogP contribution in [-0.2, 0) is 60.7 Å². The second-order valence-corrected chi connectivity index (χ2v) is 38.4. The largest absolute Gasteiger partial charge is 0.744 e. The third-order valence-corrected chi connectivity index (χ3v) is 24.3. The molecule has 4 heterocycles. The van der Waals surface area contributed by atoms with Gasteiger partial charge in [-0.3, -0.25) is 101 Å². The van der Waals surface area contributed by atoms with Crippen LogP contribution in [0.4, 0.5) is 22.7 Å². The number of nitrogens with two attached hydrogens (primary N) is 18. The summed E-state index contributed by atoms with van der Waals surface area (Å²) in [5, 5.41) is 33.7. The maximum atomic E-state index is 11.3. The third kappa shape index (κ3) is 43.5. The van der Waals surface area contributed by atoms with E-state index in [0.717, 1.165) is 192 Å². The molecule has 0 aliphatic rings. The topological polar surface area (TPSA) is 943 Å². The predicted octanol–water partition coefficient (Wildman–Crippen LogP) is -4.15. The van der Waals surface area contributed by atoms with Gasteiger partial charge < -0.3 is 64.6 Å². The van der Waals surface area contributed by atoms with E-state index in [9.17, 15) is 97.0 Å². The molecule has 0 amide bonds. The fraction of sp³-hybridized carbons (Fsp3) is 0.217. The van der Waals surface area contributed by atoms with Gasteiger partial charge in [0.1, 0.15) is 83.0 Å². The maximum absolute atomic E-state index is 11.3. The number of hydrogen-bond acceptors (Lipinski definition) is 30. The SMILES string of the molecule is CCN(CC)c1ccc2c(C)cc(=O)oc2c1.CCN(CC)c1ccc2c(C)cc(=O)oc2c1.CCN(CC)c1ccc2c(C)cc(=O)oc2c1.CCN(CC)c1ccc2c(C)cc(=O)oc2c1.NC(N)=[NH2+].NC(N)=[NH2+].NC(N)=[NH2+].NC(N)=[NH2+].NC(N)=[NH2+].NC(N)=[NH2+].O=S(=O)([O-])c1ccc2cc(S(=O)(=O)[O-])ccc2c1.O=S(=O)([O-])c1ccc2cc(S(=O)(=O)[O-])ccc2c1.O=S(=O)([O-])c1ccc2cc(S(=O)(=O)[O-])ccc2c1. The van der Waals surface area contributed by atoms with Crippen molar-refractivity contribution in [2.75, 3.05) is 72.0 Å². The quantitative estimate of drug-likeness (QED) is 0.0168. The molecule has 792 valence electrons. The molecule has 0 radical (unpaired) electrons. The van der Waals surface area contributed by atoms with Gasteiger partial charge in [-0.1, -0.05) is 36.4 Å². The van der Waals surface area contributed by atoms with Crippen LogP contribution < -0.4 is 143 Å². The standard InChI is InChI=1S/4C14H17NO2.3C10H8O6S2.6CH5N3/c4*1-4-15(5-2)11-6-7-12-10(3)8-14(16)17-13(12)9-11;3*11-17(12,13)9-3-1-7-5-10(18(14,15)16)4-2-8(7)6-9;6*2-1(3)4/h4*6-9H,4-5H2,1-3H3;3*1-6H,(H,11,12,13)(H,14,15,16);6*(H5,2,3,4). The fourth-order valence-corrected chi connectivity index (χ4v) is 16.0. The molecule has 0 fully saturated rings. The van der Waals surface area contributed by atoms with E-state index in [0.29, 0.717) is 54.6 Å². The van der Waals surface area contributed by atoms with Crippen LogP contribution in [0.5, 0.6) is 0 Å². The molecular weight excluding hydrogens is 2020 g/mol. The Labute approximate surface area is 841 Å². The van der Waals surface area contributed by atoms with Gasteiger partial charge in [-0.05, 0) is 259 Å². The molecule has 48 nitrogen and oxygen atoms in total. The Kier molecular flexibility index (Phi) is 49.6. The van der Waals surface area contributed by atoms with Crippen molar-refractivity contribution in [3.63, 3.8) is 0 Å². The van der Waals surface area contributed by atoms with Crippen molar-refractivity contribution in [2.45, 2.75) is 112 Å². The zero-order valence-electron chi connectivity index (χ0n) is 81.5. The molecule has 0 unspecified atom stereocenters. The molecule has 36 N–H and O–H groups in total. The van der Waals surface area contributed by atoms with E-state index in [2.05, 4.69) is 201 Å². The number of aryl methyl sites for hydroxylation is 4. The van der Waals surface area contributed by atoms with Crippen LogP contribution in [0.15, 0.2) is 272 Å². The first-order valence-corrected chi connectivity index (χ1v) is 51.3. The van der Waals surface area contributed by atoms with Crippen LogP contribution in [0.3, 0.4) is 0 Å². The maximum Gasteiger partial charge on any atom is 0.336 e. The first-order valence-electron chi connectivity index (χ1n) is 42.9. The van der Waals surface area contributed by atoms with Gasteiger partial charge in [-0.25, -0.2) is 69.7 Å². The molecule has 0 spiro atoms. The summed E-state index contributed by atoms with van der Waals surface area (Å²) in [6.45, 7) is 32.1. The van der Waals surface area contributed by atoms with Crippen LogP contribution in [0.25, 0.3) is 76.2 Å². The van der Waals surface area contributed by atoms with Crippen molar-refractivity contribution in [3.05, 3.63) is 270 Å². The second kappa shape index (κ2) is 57.4. The Morgan fingerprint density at radius 1 is 0.226 bits per heavy atom. The molecule has 146 heavy (non-hydrogen) atoms. The average Bonchev–Trinajstić information content (AvgIpc) is 0.800. The molecule has 0 aliphatic carbocycles. The molecule has 0 saturated heterocycles. The number of hydrogen-bond donors (Lipinski definition) is 18. The van der Waals surface area contributed by atoms with Crippen molar-refractivity contribution < 1.29 is 128 Å². The highest BCUT2D eigenvalue weighted by molar-refractivity contribution is 7.87. The van der Waals surface area contributed by atoms with Gasteiger partial charge >= 0.3 is 58.3 Å². The van der Waals surface area contributed by atoms with Gasteiger partial charge in [0.05, 0.1) is 29.4 Å². The first kappa shape index (κ1) is 126. The highest BCUT2D eigenvalue weighted by Gasteiger charge is 2.15. The monoisotopic (exact) mass is 2140 g/mol. The van der Waals surface area contributed by atoms with Crippen LogP contribution in [0, 0.1) is 27.7 Å². The van der Waals surface area contributed by atoms with Gasteiger partial charge in [-0.15, -0.1) is 0 Å². The minimum Gasteiger partial charge on any atom is -0.744 e. The lowest BCUT2D eigenvalue weighted by Crippen LogP contribution is -2.51. The number of benzene rings is 10. The zero-order chi connectivity index (χ0) is 112. The molecule has 4 aromatic heterocycles. The summed E-state index contributed by atoms with van der Waals surface area (Å²) in [7, 11) is -27.4. The Morgan fingerprint density at radius 2 is 0.349 bits per heavy atom. The van der Waals surface area contributed by atoms with Crippen molar-refractivity contribution in [1.29, 1.82) is 0 Å². The Morgan fingerprint density at radius 3 is 0.459 bits per heavy atom. The average molecular weight is 2140 g/mol. The molecule has 0 bridgehead atoms. The molecule has 0 aliphatic heterocycles.